The molecule has 8 heteroatoms. The second-order valence-electron chi connectivity index (χ2n) is 6.93. The van der Waals surface area contributed by atoms with E-state index in [0.29, 0.717) is 28.5 Å². The minimum Gasteiger partial charge on any atom is -0.496 e. The van der Waals surface area contributed by atoms with Gasteiger partial charge in [-0.1, -0.05) is 0 Å². The highest BCUT2D eigenvalue weighted by molar-refractivity contribution is 6.05. The fraction of sp³-hybridized carbons (Fsp3) is 0.381. The number of amides is 1. The summed E-state index contributed by atoms with van der Waals surface area (Å²) in [5.74, 6) is 1.53. The molecular weight excluding hydrogens is 372 g/mol. The summed E-state index contributed by atoms with van der Waals surface area (Å²) in [6.45, 7) is 6.19. The molecule has 0 spiro atoms. The fourth-order valence-electron chi connectivity index (χ4n) is 3.21. The third kappa shape index (κ3) is 3.96. The van der Waals surface area contributed by atoms with Crippen molar-refractivity contribution in [2.24, 2.45) is 0 Å². The van der Waals surface area contributed by atoms with Crippen LogP contribution in [-0.2, 0) is 6.54 Å². The minimum atomic E-state index is -0.208. The van der Waals surface area contributed by atoms with Crippen LogP contribution in [0.15, 0.2) is 24.4 Å². The molecule has 154 valence electrons. The Morgan fingerprint density at radius 1 is 1.07 bits per heavy atom. The van der Waals surface area contributed by atoms with Crippen LogP contribution in [0.3, 0.4) is 0 Å². The highest BCUT2D eigenvalue weighted by atomic mass is 16.5. The molecule has 1 N–H and O–H groups in total. The smallest absolute Gasteiger partial charge is 0.252 e. The highest BCUT2D eigenvalue weighted by Crippen LogP contribution is 2.34. The number of fused-ring (bicyclic) bond motifs is 1. The number of pyridine rings is 1. The molecule has 0 fully saturated rings. The van der Waals surface area contributed by atoms with Crippen LogP contribution in [0.4, 0.5) is 0 Å². The van der Waals surface area contributed by atoms with Crippen molar-refractivity contribution in [2.75, 3.05) is 21.3 Å². The molecule has 2 heterocycles. The third-order valence-corrected chi connectivity index (χ3v) is 4.65. The molecule has 1 amide bonds. The Kier molecular flexibility index (Phi) is 5.91. The second kappa shape index (κ2) is 8.38. The summed E-state index contributed by atoms with van der Waals surface area (Å²) in [4.78, 5) is 17.5. The van der Waals surface area contributed by atoms with Gasteiger partial charge in [0.2, 0.25) is 0 Å². The number of nitrogens with zero attached hydrogens (tertiary/aromatic N) is 3. The number of hydrogen-bond acceptors (Lipinski definition) is 6. The molecule has 0 aliphatic heterocycles. The van der Waals surface area contributed by atoms with Gasteiger partial charge in [0, 0.05) is 29.9 Å². The molecule has 0 saturated heterocycles. The van der Waals surface area contributed by atoms with Crippen molar-refractivity contribution in [1.82, 2.24) is 20.1 Å². The lowest BCUT2D eigenvalue weighted by molar-refractivity contribution is 0.0952. The van der Waals surface area contributed by atoms with Gasteiger partial charge in [0.25, 0.3) is 5.91 Å². The molecule has 0 bridgehead atoms. The molecule has 2 aromatic heterocycles. The summed E-state index contributed by atoms with van der Waals surface area (Å²) in [5.41, 5.74) is 2.78. The van der Waals surface area contributed by atoms with Crippen molar-refractivity contribution >= 4 is 16.9 Å². The van der Waals surface area contributed by atoms with Gasteiger partial charge in [-0.3, -0.25) is 4.79 Å². The number of ether oxygens (including phenoxy) is 3. The van der Waals surface area contributed by atoms with Crippen LogP contribution < -0.4 is 19.5 Å². The number of carbonyl (C=O) groups excluding carboxylic acids is 1. The van der Waals surface area contributed by atoms with Gasteiger partial charge in [0.15, 0.2) is 17.1 Å². The molecule has 29 heavy (non-hydrogen) atoms. The molecule has 0 saturated carbocycles. The largest absolute Gasteiger partial charge is 0.496 e. The fourth-order valence-corrected chi connectivity index (χ4v) is 3.21. The highest BCUT2D eigenvalue weighted by Gasteiger charge is 2.18. The first-order valence-corrected chi connectivity index (χ1v) is 9.31. The number of nitrogens with one attached hydrogen (secondary N) is 1. The lowest BCUT2D eigenvalue weighted by atomic mass is 10.1. The standard InChI is InChI=1S/C21H26N4O4/c1-12(2)25-20-16(11-23-25)15(7-13(3)24-20)21(26)22-10-14-8-18(28-5)19(29-6)9-17(14)27-4/h7-9,11-12H,10H2,1-6H3,(H,22,26). The van der Waals surface area contributed by atoms with E-state index in [0.717, 1.165) is 16.6 Å². The summed E-state index contributed by atoms with van der Waals surface area (Å²) in [6, 6.07) is 5.45. The van der Waals surface area contributed by atoms with E-state index in [1.54, 1.807) is 45.7 Å². The van der Waals surface area contributed by atoms with E-state index in [2.05, 4.69) is 15.4 Å². The van der Waals surface area contributed by atoms with Gasteiger partial charge >= 0.3 is 0 Å². The van der Waals surface area contributed by atoms with E-state index >= 15 is 0 Å². The van der Waals surface area contributed by atoms with Crippen molar-refractivity contribution in [2.45, 2.75) is 33.4 Å². The van der Waals surface area contributed by atoms with E-state index in [9.17, 15) is 4.79 Å². The zero-order valence-electron chi connectivity index (χ0n) is 17.6. The van der Waals surface area contributed by atoms with Crippen LogP contribution in [-0.4, -0.2) is 42.0 Å². The van der Waals surface area contributed by atoms with Crippen molar-refractivity contribution < 1.29 is 19.0 Å². The lowest BCUT2D eigenvalue weighted by Crippen LogP contribution is -2.23. The first kappa shape index (κ1) is 20.4. The summed E-state index contributed by atoms with van der Waals surface area (Å²) in [6.07, 6.45) is 1.69. The SMILES string of the molecule is COc1cc(OC)c(OC)cc1CNC(=O)c1cc(C)nc2c1cnn2C(C)C. The number of hydrogen-bond donors (Lipinski definition) is 1. The summed E-state index contributed by atoms with van der Waals surface area (Å²) in [5, 5.41) is 8.07. The molecule has 1 aromatic carbocycles. The maximum Gasteiger partial charge on any atom is 0.252 e. The maximum atomic E-state index is 13.0. The van der Waals surface area contributed by atoms with Gasteiger partial charge < -0.3 is 19.5 Å². The maximum absolute atomic E-state index is 13.0. The minimum absolute atomic E-state index is 0.147. The zero-order valence-corrected chi connectivity index (χ0v) is 17.6. The topological polar surface area (TPSA) is 87.5 Å². The summed E-state index contributed by atoms with van der Waals surface area (Å²) in [7, 11) is 4.70. The molecule has 3 aromatic rings. The van der Waals surface area contributed by atoms with Crippen LogP contribution >= 0.6 is 0 Å². The van der Waals surface area contributed by atoms with Crippen LogP contribution in [0.2, 0.25) is 0 Å². The number of aryl methyl sites for hydroxylation is 1. The number of rotatable bonds is 7. The summed E-state index contributed by atoms with van der Waals surface area (Å²) >= 11 is 0. The predicted molar refractivity (Wildman–Crippen MR) is 110 cm³/mol. The number of methoxy groups -OCH3 is 3. The Hall–Kier alpha value is -3.29. The number of benzene rings is 1. The van der Waals surface area contributed by atoms with Crippen LogP contribution in [0.5, 0.6) is 17.2 Å². The van der Waals surface area contributed by atoms with Gasteiger partial charge in [-0.2, -0.15) is 5.10 Å². The van der Waals surface area contributed by atoms with Gasteiger partial charge in [-0.05, 0) is 32.9 Å². The summed E-state index contributed by atoms with van der Waals surface area (Å²) < 4.78 is 17.9. The Bertz CT molecular complexity index is 1040. The van der Waals surface area contributed by atoms with Crippen LogP contribution in [0.25, 0.3) is 11.0 Å². The van der Waals surface area contributed by atoms with Gasteiger partial charge in [-0.25, -0.2) is 9.67 Å². The Morgan fingerprint density at radius 3 is 2.34 bits per heavy atom. The van der Waals surface area contributed by atoms with Crippen LogP contribution in [0.1, 0.15) is 41.5 Å². The molecule has 0 aliphatic rings. The number of carbonyl (C=O) groups is 1. The third-order valence-electron chi connectivity index (χ3n) is 4.65. The molecular formula is C21H26N4O4. The Balaban J connectivity index is 1.90. The first-order valence-electron chi connectivity index (χ1n) is 9.31. The van der Waals surface area contributed by atoms with Crippen molar-refractivity contribution in [1.29, 1.82) is 0 Å². The molecule has 0 atom stereocenters. The van der Waals surface area contributed by atoms with Gasteiger partial charge in [-0.15, -0.1) is 0 Å². The normalized spacial score (nSPS) is 11.0. The van der Waals surface area contributed by atoms with Crippen molar-refractivity contribution in [3.8, 4) is 17.2 Å². The average Bonchev–Trinajstić information content (AvgIpc) is 3.14. The van der Waals surface area contributed by atoms with E-state index in [-0.39, 0.29) is 18.5 Å². The van der Waals surface area contributed by atoms with E-state index < -0.39 is 0 Å². The molecule has 3 rings (SSSR count). The lowest BCUT2D eigenvalue weighted by Gasteiger charge is -2.15. The second-order valence-corrected chi connectivity index (χ2v) is 6.93. The Labute approximate surface area is 169 Å². The van der Waals surface area contributed by atoms with Crippen LogP contribution in [0, 0.1) is 6.92 Å². The zero-order chi connectivity index (χ0) is 21.1. The molecule has 8 nitrogen and oxygen atoms in total. The monoisotopic (exact) mass is 398 g/mol. The number of aromatic nitrogens is 3. The van der Waals surface area contributed by atoms with E-state index in [4.69, 9.17) is 14.2 Å². The average molecular weight is 398 g/mol. The van der Waals surface area contributed by atoms with Gasteiger partial charge in [0.1, 0.15) is 5.75 Å². The van der Waals surface area contributed by atoms with Gasteiger partial charge in [0.05, 0.1) is 38.5 Å². The molecule has 0 aliphatic carbocycles. The molecule has 0 radical (unpaired) electrons. The molecule has 0 unspecified atom stereocenters. The Morgan fingerprint density at radius 2 is 1.72 bits per heavy atom. The van der Waals surface area contributed by atoms with E-state index in [1.165, 1.54) is 0 Å². The van der Waals surface area contributed by atoms with Crippen molar-refractivity contribution in [3.63, 3.8) is 0 Å². The van der Waals surface area contributed by atoms with Crippen molar-refractivity contribution in [3.05, 3.63) is 41.2 Å². The first-order chi connectivity index (χ1) is 13.9. The van der Waals surface area contributed by atoms with E-state index in [1.807, 2.05) is 25.5 Å². The quantitative estimate of drug-likeness (QED) is 0.657. The predicted octanol–water partition coefficient (Wildman–Crippen LogP) is 3.28.